The molecule has 0 aliphatic carbocycles. The van der Waals surface area contributed by atoms with Crippen LogP contribution in [0.1, 0.15) is 21.5 Å². The van der Waals surface area contributed by atoms with Gasteiger partial charge in [-0.05, 0) is 53.9 Å². The summed E-state index contributed by atoms with van der Waals surface area (Å²) in [6.07, 6.45) is 2.49. The molecule has 30 heavy (non-hydrogen) atoms. The number of aromatic carboxylic acids is 1. The summed E-state index contributed by atoms with van der Waals surface area (Å²) in [5.41, 5.74) is 4.33. The number of carbonyl (C=O) groups is 1. The molecule has 0 saturated carbocycles. The first-order chi connectivity index (χ1) is 14.7. The fourth-order valence-corrected chi connectivity index (χ4v) is 3.06. The van der Waals surface area contributed by atoms with Crippen LogP contribution >= 0.6 is 0 Å². The zero-order valence-corrected chi connectivity index (χ0v) is 16.1. The van der Waals surface area contributed by atoms with E-state index in [9.17, 15) is 4.79 Å². The van der Waals surface area contributed by atoms with Crippen LogP contribution in [-0.4, -0.2) is 21.0 Å². The maximum Gasteiger partial charge on any atom is 0.335 e. The van der Waals surface area contributed by atoms with Crippen LogP contribution < -0.4 is 10.6 Å². The topological polar surface area (TPSA) is 87.1 Å². The van der Waals surface area contributed by atoms with E-state index in [0.717, 1.165) is 12.1 Å². The Hall–Kier alpha value is -4.19. The fourth-order valence-electron chi connectivity index (χ4n) is 3.06. The van der Waals surface area contributed by atoms with E-state index in [4.69, 9.17) is 5.11 Å². The number of nitrogens with one attached hydrogen (secondary N) is 2. The molecule has 0 spiro atoms. The normalized spacial score (nSPS) is 10.4. The largest absolute Gasteiger partial charge is 0.478 e. The van der Waals surface area contributed by atoms with Gasteiger partial charge in [0.1, 0.15) is 5.82 Å². The summed E-state index contributed by atoms with van der Waals surface area (Å²) in [6, 6.07) is 26.7. The van der Waals surface area contributed by atoms with Gasteiger partial charge in [-0.3, -0.25) is 0 Å². The molecule has 3 N–H and O–H groups in total. The number of hydrogen-bond donors (Lipinski definition) is 3. The predicted octanol–water partition coefficient (Wildman–Crippen LogP) is 5.25. The Morgan fingerprint density at radius 2 is 1.57 bits per heavy atom. The number of para-hydroxylation sites is 1. The molecule has 0 atom stereocenters. The highest BCUT2D eigenvalue weighted by Crippen LogP contribution is 2.23. The monoisotopic (exact) mass is 396 g/mol. The first-order valence-corrected chi connectivity index (χ1v) is 9.50. The highest BCUT2D eigenvalue weighted by atomic mass is 16.4. The minimum atomic E-state index is -0.960. The zero-order chi connectivity index (χ0) is 20.8. The Kier molecular flexibility index (Phi) is 5.66. The van der Waals surface area contributed by atoms with E-state index >= 15 is 0 Å². The van der Waals surface area contributed by atoms with Gasteiger partial charge in [0.25, 0.3) is 0 Å². The number of aromatic nitrogens is 2. The number of carboxylic acid groups (broad SMARTS) is 1. The molecule has 4 rings (SSSR count). The number of rotatable bonds is 7. The van der Waals surface area contributed by atoms with Gasteiger partial charge in [0.15, 0.2) is 0 Å². The lowest BCUT2D eigenvalue weighted by Crippen LogP contribution is -2.02. The van der Waals surface area contributed by atoms with Gasteiger partial charge in [0.05, 0.1) is 5.56 Å². The average molecular weight is 396 g/mol. The van der Waals surface area contributed by atoms with Gasteiger partial charge in [-0.15, -0.1) is 0 Å². The predicted molar refractivity (Wildman–Crippen MR) is 118 cm³/mol. The molecule has 4 aromatic rings. The second kappa shape index (κ2) is 8.87. The van der Waals surface area contributed by atoms with E-state index < -0.39 is 5.97 Å². The van der Waals surface area contributed by atoms with Gasteiger partial charge < -0.3 is 15.7 Å². The lowest BCUT2D eigenvalue weighted by molar-refractivity contribution is 0.0697. The number of benzene rings is 3. The van der Waals surface area contributed by atoms with E-state index in [-0.39, 0.29) is 5.56 Å². The fraction of sp³-hybridized carbons (Fsp3) is 0.0417. The van der Waals surface area contributed by atoms with Crippen molar-refractivity contribution in [1.29, 1.82) is 0 Å². The van der Waals surface area contributed by atoms with Crippen molar-refractivity contribution >= 4 is 29.1 Å². The molecule has 1 aromatic heterocycles. The molecule has 0 aliphatic heterocycles. The Morgan fingerprint density at radius 1 is 0.833 bits per heavy atom. The first kappa shape index (κ1) is 19.1. The van der Waals surface area contributed by atoms with Gasteiger partial charge in [0, 0.05) is 17.6 Å². The van der Waals surface area contributed by atoms with Crippen LogP contribution in [0.4, 0.5) is 23.1 Å². The average Bonchev–Trinajstić information content (AvgIpc) is 2.76. The third-order valence-corrected chi connectivity index (χ3v) is 4.56. The van der Waals surface area contributed by atoms with Crippen LogP contribution in [-0.2, 0) is 6.42 Å². The molecule has 6 heteroatoms. The summed E-state index contributed by atoms with van der Waals surface area (Å²) in [4.78, 5) is 19.7. The molecule has 0 radical (unpaired) electrons. The summed E-state index contributed by atoms with van der Waals surface area (Å²) in [6.45, 7) is 0. The second-order valence-electron chi connectivity index (χ2n) is 6.72. The van der Waals surface area contributed by atoms with Crippen molar-refractivity contribution in [2.45, 2.75) is 6.42 Å². The zero-order valence-electron chi connectivity index (χ0n) is 16.1. The maximum absolute atomic E-state index is 11.0. The van der Waals surface area contributed by atoms with E-state index in [0.29, 0.717) is 17.5 Å². The standard InChI is InChI=1S/C24H20N4O2/c29-23(30)18-10-12-20(13-11-18)26-24-25-15-14-22(28-24)27-21-9-5-4-8-19(21)16-17-6-2-1-3-7-17/h1-15H,16H2,(H,29,30)(H2,25,26,27,28). The van der Waals surface area contributed by atoms with Crippen molar-refractivity contribution in [2.24, 2.45) is 0 Å². The van der Waals surface area contributed by atoms with Crippen LogP contribution in [0.15, 0.2) is 91.1 Å². The van der Waals surface area contributed by atoms with E-state index in [1.54, 1.807) is 24.4 Å². The molecule has 6 nitrogen and oxygen atoms in total. The SMILES string of the molecule is O=C(O)c1ccc(Nc2nccc(Nc3ccccc3Cc3ccccc3)n2)cc1. The van der Waals surface area contributed by atoms with Crippen LogP contribution in [0.25, 0.3) is 0 Å². The minimum absolute atomic E-state index is 0.229. The summed E-state index contributed by atoms with van der Waals surface area (Å²) < 4.78 is 0. The van der Waals surface area contributed by atoms with Crippen molar-refractivity contribution in [3.8, 4) is 0 Å². The van der Waals surface area contributed by atoms with Crippen molar-refractivity contribution in [3.05, 3.63) is 108 Å². The smallest absolute Gasteiger partial charge is 0.335 e. The number of anilines is 4. The van der Waals surface area contributed by atoms with Gasteiger partial charge in [-0.2, -0.15) is 4.98 Å². The van der Waals surface area contributed by atoms with E-state index in [1.807, 2.05) is 36.4 Å². The Labute approximate surface area is 174 Å². The number of hydrogen-bond acceptors (Lipinski definition) is 5. The van der Waals surface area contributed by atoms with Crippen molar-refractivity contribution < 1.29 is 9.90 Å². The number of nitrogens with zero attached hydrogens (tertiary/aromatic N) is 2. The first-order valence-electron chi connectivity index (χ1n) is 9.50. The lowest BCUT2D eigenvalue weighted by Gasteiger charge is -2.12. The molecular formula is C24H20N4O2. The molecule has 0 unspecified atom stereocenters. The third-order valence-electron chi connectivity index (χ3n) is 4.56. The molecule has 3 aromatic carbocycles. The summed E-state index contributed by atoms with van der Waals surface area (Å²) in [7, 11) is 0. The van der Waals surface area contributed by atoms with Gasteiger partial charge in [-0.1, -0.05) is 48.5 Å². The molecule has 0 bridgehead atoms. The highest BCUT2D eigenvalue weighted by molar-refractivity contribution is 5.88. The molecule has 148 valence electrons. The van der Waals surface area contributed by atoms with Crippen LogP contribution in [0.2, 0.25) is 0 Å². The summed E-state index contributed by atoms with van der Waals surface area (Å²) in [5.74, 6) is 0.122. The Balaban J connectivity index is 1.50. The molecule has 0 saturated heterocycles. The summed E-state index contributed by atoms with van der Waals surface area (Å²) >= 11 is 0. The van der Waals surface area contributed by atoms with Crippen LogP contribution in [0.3, 0.4) is 0 Å². The lowest BCUT2D eigenvalue weighted by atomic mass is 10.0. The Bertz CT molecular complexity index is 1150. The maximum atomic E-state index is 11.0. The molecule has 0 amide bonds. The van der Waals surface area contributed by atoms with E-state index in [1.165, 1.54) is 23.3 Å². The van der Waals surface area contributed by atoms with Gasteiger partial charge in [0.2, 0.25) is 5.95 Å². The van der Waals surface area contributed by atoms with Crippen LogP contribution in [0, 0.1) is 0 Å². The number of carboxylic acids is 1. The Morgan fingerprint density at radius 3 is 2.33 bits per heavy atom. The minimum Gasteiger partial charge on any atom is -0.478 e. The molecular weight excluding hydrogens is 376 g/mol. The third kappa shape index (κ3) is 4.80. The summed E-state index contributed by atoms with van der Waals surface area (Å²) in [5, 5.41) is 15.5. The highest BCUT2D eigenvalue weighted by Gasteiger charge is 2.07. The van der Waals surface area contributed by atoms with E-state index in [2.05, 4.69) is 38.8 Å². The van der Waals surface area contributed by atoms with Gasteiger partial charge >= 0.3 is 5.97 Å². The quantitative estimate of drug-likeness (QED) is 0.395. The second-order valence-corrected chi connectivity index (χ2v) is 6.72. The molecule has 0 fully saturated rings. The van der Waals surface area contributed by atoms with Crippen molar-refractivity contribution in [1.82, 2.24) is 9.97 Å². The molecule has 1 heterocycles. The van der Waals surface area contributed by atoms with Crippen LogP contribution in [0.5, 0.6) is 0 Å². The van der Waals surface area contributed by atoms with Crippen molar-refractivity contribution in [3.63, 3.8) is 0 Å². The van der Waals surface area contributed by atoms with Gasteiger partial charge in [-0.25, -0.2) is 9.78 Å². The van der Waals surface area contributed by atoms with Crippen molar-refractivity contribution in [2.75, 3.05) is 10.6 Å². The molecule has 0 aliphatic rings.